The van der Waals surface area contributed by atoms with Gasteiger partial charge in [0, 0.05) is 31.9 Å². The first-order chi connectivity index (χ1) is 10.2. The van der Waals surface area contributed by atoms with E-state index >= 15 is 0 Å². The van der Waals surface area contributed by atoms with E-state index in [1.807, 2.05) is 18.2 Å². The molecule has 6 heteroatoms. The molecule has 0 spiro atoms. The molecule has 2 atom stereocenters. The average molecular weight is 291 g/mol. The summed E-state index contributed by atoms with van der Waals surface area (Å²) in [7, 11) is 1.62. The van der Waals surface area contributed by atoms with Gasteiger partial charge in [-0.2, -0.15) is 0 Å². The number of nitrogens with two attached hydrogens (primary N) is 1. The van der Waals surface area contributed by atoms with Crippen LogP contribution in [0.1, 0.15) is 0 Å². The molecule has 1 aromatic carbocycles. The zero-order valence-electron chi connectivity index (χ0n) is 12.2. The van der Waals surface area contributed by atoms with Gasteiger partial charge in [0.15, 0.2) is 0 Å². The van der Waals surface area contributed by atoms with Gasteiger partial charge in [-0.1, -0.05) is 0 Å². The van der Waals surface area contributed by atoms with Crippen molar-refractivity contribution in [1.29, 1.82) is 0 Å². The molecule has 21 heavy (non-hydrogen) atoms. The maximum absolute atomic E-state index is 10.7. The topological polar surface area (TPSA) is 68.0 Å². The predicted molar refractivity (Wildman–Crippen MR) is 80.8 cm³/mol. The highest BCUT2D eigenvalue weighted by atomic mass is 16.5. The van der Waals surface area contributed by atoms with Gasteiger partial charge in [0.1, 0.15) is 12.0 Å². The Labute approximate surface area is 124 Å². The highest BCUT2D eigenvalue weighted by Crippen LogP contribution is 2.30. The van der Waals surface area contributed by atoms with Crippen LogP contribution in [0.25, 0.3) is 0 Å². The van der Waals surface area contributed by atoms with E-state index in [-0.39, 0.29) is 12.2 Å². The number of methoxy groups -OCH3 is 1. The Morgan fingerprint density at radius 1 is 1.33 bits per heavy atom. The van der Waals surface area contributed by atoms with Gasteiger partial charge in [-0.3, -0.25) is 4.90 Å². The first kappa shape index (κ1) is 14.2. The molecule has 0 aromatic heterocycles. The molecule has 2 aliphatic heterocycles. The number of rotatable bonds is 4. The lowest BCUT2D eigenvalue weighted by atomic mass is 10.1. The lowest BCUT2D eigenvalue weighted by Crippen LogP contribution is -2.59. The molecule has 2 heterocycles. The molecule has 2 saturated heterocycles. The SMILES string of the molecule is COc1ccc(N2CC3CN(CC=O)CC(C2)O3)cc1N. The van der Waals surface area contributed by atoms with E-state index in [9.17, 15) is 4.79 Å². The van der Waals surface area contributed by atoms with Gasteiger partial charge in [0.25, 0.3) is 0 Å². The second-order valence-corrected chi connectivity index (χ2v) is 5.60. The molecule has 2 fully saturated rings. The molecule has 6 nitrogen and oxygen atoms in total. The first-order valence-corrected chi connectivity index (χ1v) is 7.19. The number of ether oxygens (including phenoxy) is 2. The molecule has 114 valence electrons. The van der Waals surface area contributed by atoms with Crippen molar-refractivity contribution in [3.63, 3.8) is 0 Å². The summed E-state index contributed by atoms with van der Waals surface area (Å²) in [5, 5.41) is 0. The van der Waals surface area contributed by atoms with Crippen LogP contribution in [0.3, 0.4) is 0 Å². The molecule has 2 N–H and O–H groups in total. The number of fused-ring (bicyclic) bond motifs is 2. The number of carbonyl (C=O) groups is 1. The Hall–Kier alpha value is -1.79. The minimum atomic E-state index is 0.140. The van der Waals surface area contributed by atoms with Crippen molar-refractivity contribution < 1.29 is 14.3 Å². The minimum absolute atomic E-state index is 0.140. The van der Waals surface area contributed by atoms with Crippen LogP contribution < -0.4 is 15.4 Å². The van der Waals surface area contributed by atoms with Crippen LogP contribution in [0.15, 0.2) is 18.2 Å². The van der Waals surface area contributed by atoms with Crippen LogP contribution in [-0.2, 0) is 9.53 Å². The van der Waals surface area contributed by atoms with Gasteiger partial charge < -0.3 is 24.9 Å². The van der Waals surface area contributed by atoms with Crippen LogP contribution in [0, 0.1) is 0 Å². The van der Waals surface area contributed by atoms with E-state index in [0.717, 1.165) is 38.2 Å². The fourth-order valence-corrected chi connectivity index (χ4v) is 3.16. The molecule has 2 unspecified atom stereocenters. The number of carbonyl (C=O) groups excluding carboxylic acids is 1. The summed E-state index contributed by atoms with van der Waals surface area (Å²) in [5.74, 6) is 0.698. The van der Waals surface area contributed by atoms with Gasteiger partial charge in [-0.05, 0) is 18.2 Å². The average Bonchev–Trinajstić information content (AvgIpc) is 2.46. The van der Waals surface area contributed by atoms with E-state index in [0.29, 0.717) is 18.0 Å². The Bertz CT molecular complexity index is 509. The first-order valence-electron chi connectivity index (χ1n) is 7.19. The number of nitrogen functional groups attached to an aromatic ring is 1. The molecule has 3 rings (SSSR count). The lowest BCUT2D eigenvalue weighted by molar-refractivity contribution is -0.116. The number of benzene rings is 1. The third kappa shape index (κ3) is 2.96. The third-order valence-corrected chi connectivity index (χ3v) is 4.07. The monoisotopic (exact) mass is 291 g/mol. The number of morpholine rings is 2. The number of nitrogens with zero attached hydrogens (tertiary/aromatic N) is 2. The summed E-state index contributed by atoms with van der Waals surface area (Å²) >= 11 is 0. The summed E-state index contributed by atoms with van der Waals surface area (Å²) in [4.78, 5) is 15.1. The summed E-state index contributed by atoms with van der Waals surface area (Å²) in [6.07, 6.45) is 1.24. The van der Waals surface area contributed by atoms with Crippen molar-refractivity contribution in [1.82, 2.24) is 4.90 Å². The van der Waals surface area contributed by atoms with Crippen LogP contribution >= 0.6 is 0 Å². The molecule has 0 radical (unpaired) electrons. The smallest absolute Gasteiger partial charge is 0.141 e. The van der Waals surface area contributed by atoms with Crippen LogP contribution in [0.5, 0.6) is 5.75 Å². The molecular formula is C15H21N3O3. The second-order valence-electron chi connectivity index (χ2n) is 5.60. The standard InChI is InChI=1S/C15H21N3O3/c1-20-15-3-2-11(6-14(15)16)18-9-12-7-17(4-5-19)8-13(10-18)21-12/h2-3,5-6,12-13H,4,7-10,16H2,1H3. The molecule has 0 saturated carbocycles. The van der Waals surface area contributed by atoms with E-state index in [1.54, 1.807) is 7.11 Å². The third-order valence-electron chi connectivity index (χ3n) is 4.07. The maximum Gasteiger partial charge on any atom is 0.141 e. The minimum Gasteiger partial charge on any atom is -0.495 e. The van der Waals surface area contributed by atoms with Crippen molar-refractivity contribution in [2.45, 2.75) is 12.2 Å². The van der Waals surface area contributed by atoms with Gasteiger partial charge in [0.05, 0.1) is 31.5 Å². The van der Waals surface area contributed by atoms with Crippen LogP contribution in [0.2, 0.25) is 0 Å². The number of hydrogen-bond donors (Lipinski definition) is 1. The highest BCUT2D eigenvalue weighted by Gasteiger charge is 2.34. The molecule has 2 bridgehead atoms. The molecule has 0 amide bonds. The molecule has 2 aliphatic rings. The fraction of sp³-hybridized carbons (Fsp3) is 0.533. The van der Waals surface area contributed by atoms with Gasteiger partial charge in [0.2, 0.25) is 0 Å². The fourth-order valence-electron chi connectivity index (χ4n) is 3.16. The maximum atomic E-state index is 10.7. The van der Waals surface area contributed by atoms with Crippen LogP contribution in [-0.4, -0.2) is 63.2 Å². The summed E-state index contributed by atoms with van der Waals surface area (Å²) in [5.41, 5.74) is 7.73. The largest absolute Gasteiger partial charge is 0.495 e. The van der Waals surface area contributed by atoms with Crippen LogP contribution in [0.4, 0.5) is 11.4 Å². The van der Waals surface area contributed by atoms with Crippen molar-refractivity contribution in [2.24, 2.45) is 0 Å². The molecular weight excluding hydrogens is 270 g/mol. The number of anilines is 2. The van der Waals surface area contributed by atoms with Gasteiger partial charge in [-0.25, -0.2) is 0 Å². The highest BCUT2D eigenvalue weighted by molar-refractivity contribution is 5.63. The second kappa shape index (κ2) is 5.91. The quantitative estimate of drug-likeness (QED) is 0.638. The Kier molecular flexibility index (Phi) is 3.98. The molecule has 0 aliphatic carbocycles. The van der Waals surface area contributed by atoms with Crippen molar-refractivity contribution in [2.75, 3.05) is 50.5 Å². The zero-order valence-corrected chi connectivity index (χ0v) is 12.2. The van der Waals surface area contributed by atoms with E-state index in [2.05, 4.69) is 9.80 Å². The summed E-state index contributed by atoms with van der Waals surface area (Å²) in [6, 6.07) is 5.87. The van der Waals surface area contributed by atoms with Crippen molar-refractivity contribution >= 4 is 17.7 Å². The van der Waals surface area contributed by atoms with E-state index in [1.165, 1.54) is 0 Å². The Morgan fingerprint density at radius 3 is 2.62 bits per heavy atom. The zero-order chi connectivity index (χ0) is 14.8. The van der Waals surface area contributed by atoms with Crippen molar-refractivity contribution in [3.8, 4) is 5.75 Å². The number of aldehydes is 1. The number of hydrogen-bond acceptors (Lipinski definition) is 6. The van der Waals surface area contributed by atoms with Gasteiger partial charge >= 0.3 is 0 Å². The van der Waals surface area contributed by atoms with E-state index < -0.39 is 0 Å². The summed E-state index contributed by atoms with van der Waals surface area (Å²) < 4.78 is 11.2. The van der Waals surface area contributed by atoms with E-state index in [4.69, 9.17) is 15.2 Å². The van der Waals surface area contributed by atoms with Gasteiger partial charge in [-0.15, -0.1) is 0 Å². The normalized spacial score (nSPS) is 25.7. The predicted octanol–water partition coefficient (Wildman–Crippen LogP) is 0.366. The van der Waals surface area contributed by atoms with Crippen molar-refractivity contribution in [3.05, 3.63) is 18.2 Å². The lowest BCUT2D eigenvalue weighted by Gasteiger charge is -2.46. The molecule has 1 aromatic rings. The Morgan fingerprint density at radius 2 is 2.05 bits per heavy atom. The summed E-state index contributed by atoms with van der Waals surface area (Å²) in [6.45, 7) is 3.73. The Balaban J connectivity index is 1.72.